The number of rotatable bonds is 5. The first kappa shape index (κ1) is 17.9. The predicted octanol–water partition coefficient (Wildman–Crippen LogP) is 2.75. The first-order valence-corrected chi connectivity index (χ1v) is 9.17. The van der Waals surface area contributed by atoms with Crippen molar-refractivity contribution in [3.05, 3.63) is 35.4 Å². The highest BCUT2D eigenvalue weighted by Gasteiger charge is 2.18. The average Bonchev–Trinajstić information content (AvgIpc) is 3.31. The van der Waals surface area contributed by atoms with E-state index in [1.54, 1.807) is 6.08 Å². The van der Waals surface area contributed by atoms with E-state index in [0.717, 1.165) is 42.3 Å². The van der Waals surface area contributed by atoms with Crippen molar-refractivity contribution in [1.29, 1.82) is 5.26 Å². The van der Waals surface area contributed by atoms with Gasteiger partial charge in [-0.2, -0.15) is 5.26 Å². The first-order valence-electron chi connectivity index (χ1n) is 8.36. The van der Waals surface area contributed by atoms with Gasteiger partial charge in [-0.25, -0.2) is 0 Å². The van der Waals surface area contributed by atoms with E-state index in [9.17, 15) is 10.1 Å². The third-order valence-electron chi connectivity index (χ3n) is 4.10. The molecule has 0 bridgehead atoms. The number of benzene rings is 1. The molecule has 1 amide bonds. The number of aromatic nitrogens is 2. The summed E-state index contributed by atoms with van der Waals surface area (Å²) < 4.78 is 0. The molecule has 2 aromatic rings. The molecule has 7 nitrogen and oxygen atoms in total. The van der Waals surface area contributed by atoms with Crippen LogP contribution in [0.1, 0.15) is 18.4 Å². The minimum absolute atomic E-state index is 0.0283. The summed E-state index contributed by atoms with van der Waals surface area (Å²) >= 11 is 1.33. The van der Waals surface area contributed by atoms with Crippen LogP contribution in [-0.2, 0) is 4.79 Å². The minimum atomic E-state index is -0.478. The Balaban J connectivity index is 1.69. The van der Waals surface area contributed by atoms with Gasteiger partial charge in [0.25, 0.3) is 5.91 Å². The summed E-state index contributed by atoms with van der Waals surface area (Å²) in [7, 11) is 3.91. The monoisotopic (exact) mass is 368 g/mol. The number of nitrogens with zero attached hydrogens (tertiary/aromatic N) is 5. The van der Waals surface area contributed by atoms with Crippen LogP contribution in [0.2, 0.25) is 0 Å². The molecule has 1 aliphatic heterocycles. The molecule has 134 valence electrons. The van der Waals surface area contributed by atoms with Gasteiger partial charge in [0.15, 0.2) is 0 Å². The van der Waals surface area contributed by atoms with Crippen molar-refractivity contribution in [3.63, 3.8) is 0 Å². The second-order valence-corrected chi connectivity index (χ2v) is 7.15. The van der Waals surface area contributed by atoms with Crippen LogP contribution in [0.15, 0.2) is 29.8 Å². The van der Waals surface area contributed by atoms with Crippen LogP contribution in [-0.4, -0.2) is 43.3 Å². The van der Waals surface area contributed by atoms with E-state index < -0.39 is 5.91 Å². The van der Waals surface area contributed by atoms with E-state index in [0.29, 0.717) is 5.13 Å². The van der Waals surface area contributed by atoms with Gasteiger partial charge >= 0.3 is 0 Å². The van der Waals surface area contributed by atoms with Gasteiger partial charge in [0.2, 0.25) is 10.3 Å². The predicted molar refractivity (Wildman–Crippen MR) is 104 cm³/mol. The molecule has 0 radical (unpaired) electrons. The molecule has 1 fully saturated rings. The molecule has 1 aromatic heterocycles. The molecular formula is C18H20N6OS. The Morgan fingerprint density at radius 1 is 1.27 bits per heavy atom. The molecule has 8 heteroatoms. The number of nitriles is 1. The summed E-state index contributed by atoms with van der Waals surface area (Å²) in [5.74, 6) is -0.478. The fourth-order valence-electron chi connectivity index (χ4n) is 2.65. The molecule has 0 aliphatic carbocycles. The van der Waals surface area contributed by atoms with E-state index in [2.05, 4.69) is 20.4 Å². The highest BCUT2D eigenvalue weighted by atomic mass is 32.1. The molecule has 1 N–H and O–H groups in total. The summed E-state index contributed by atoms with van der Waals surface area (Å²) in [5.41, 5.74) is 1.87. The van der Waals surface area contributed by atoms with Gasteiger partial charge in [0, 0.05) is 32.9 Å². The molecule has 3 rings (SSSR count). The molecule has 26 heavy (non-hydrogen) atoms. The molecule has 0 unspecified atom stereocenters. The lowest BCUT2D eigenvalue weighted by Crippen LogP contribution is -2.17. The maximum absolute atomic E-state index is 12.4. The number of nitrogens with one attached hydrogen (secondary N) is 1. The third-order valence-corrected chi connectivity index (χ3v) is 5.00. The zero-order chi connectivity index (χ0) is 18.5. The smallest absolute Gasteiger partial charge is 0.268 e. The van der Waals surface area contributed by atoms with Crippen LogP contribution in [0.25, 0.3) is 6.08 Å². The molecular weight excluding hydrogens is 348 g/mol. The van der Waals surface area contributed by atoms with Crippen LogP contribution >= 0.6 is 11.3 Å². The van der Waals surface area contributed by atoms with Crippen LogP contribution in [0.4, 0.5) is 16.0 Å². The number of carbonyl (C=O) groups is 1. The van der Waals surface area contributed by atoms with Gasteiger partial charge < -0.3 is 9.80 Å². The molecule has 0 spiro atoms. The normalized spacial score (nSPS) is 14.2. The molecule has 0 atom stereocenters. The van der Waals surface area contributed by atoms with Crippen molar-refractivity contribution in [2.45, 2.75) is 12.8 Å². The van der Waals surface area contributed by atoms with E-state index in [1.165, 1.54) is 11.3 Å². The van der Waals surface area contributed by atoms with E-state index in [1.807, 2.05) is 49.3 Å². The Morgan fingerprint density at radius 2 is 1.96 bits per heavy atom. The number of hydrogen-bond donors (Lipinski definition) is 1. The Morgan fingerprint density at radius 3 is 2.58 bits per heavy atom. The molecule has 1 aliphatic rings. The fraction of sp³-hybridized carbons (Fsp3) is 0.333. The van der Waals surface area contributed by atoms with Gasteiger partial charge in [0.05, 0.1) is 0 Å². The Labute approximate surface area is 156 Å². The Hall–Kier alpha value is -2.92. The van der Waals surface area contributed by atoms with Crippen LogP contribution in [0, 0.1) is 11.3 Å². The summed E-state index contributed by atoms with van der Waals surface area (Å²) in [6.07, 6.45) is 3.86. The quantitative estimate of drug-likeness (QED) is 0.645. The summed E-state index contributed by atoms with van der Waals surface area (Å²) in [6, 6.07) is 9.57. The lowest BCUT2D eigenvalue weighted by molar-refractivity contribution is -0.112. The summed E-state index contributed by atoms with van der Waals surface area (Å²) in [6.45, 7) is 1.93. The number of hydrogen-bond acceptors (Lipinski definition) is 7. The average molecular weight is 368 g/mol. The molecule has 2 heterocycles. The van der Waals surface area contributed by atoms with Crippen molar-refractivity contribution >= 4 is 39.3 Å². The van der Waals surface area contributed by atoms with Crippen molar-refractivity contribution in [2.24, 2.45) is 0 Å². The van der Waals surface area contributed by atoms with Gasteiger partial charge in [-0.15, -0.1) is 10.2 Å². The van der Waals surface area contributed by atoms with E-state index in [-0.39, 0.29) is 5.57 Å². The van der Waals surface area contributed by atoms with Crippen molar-refractivity contribution in [2.75, 3.05) is 42.3 Å². The molecule has 0 saturated carbocycles. The lowest BCUT2D eigenvalue weighted by atomic mass is 10.1. The number of carbonyl (C=O) groups excluding carboxylic acids is 1. The molecule has 1 aromatic carbocycles. The van der Waals surface area contributed by atoms with Crippen molar-refractivity contribution in [1.82, 2.24) is 10.2 Å². The fourth-order valence-corrected chi connectivity index (χ4v) is 3.44. The minimum Gasteiger partial charge on any atom is -0.378 e. The highest BCUT2D eigenvalue weighted by Crippen LogP contribution is 2.27. The van der Waals surface area contributed by atoms with Crippen LogP contribution < -0.4 is 15.1 Å². The topological polar surface area (TPSA) is 85.2 Å². The zero-order valence-electron chi connectivity index (χ0n) is 14.8. The Bertz CT molecular complexity index is 843. The second kappa shape index (κ2) is 7.97. The summed E-state index contributed by atoms with van der Waals surface area (Å²) in [5, 5.41) is 21.3. The van der Waals surface area contributed by atoms with Crippen molar-refractivity contribution in [3.8, 4) is 6.07 Å². The van der Waals surface area contributed by atoms with Crippen LogP contribution in [0.5, 0.6) is 0 Å². The number of anilines is 3. The van der Waals surface area contributed by atoms with E-state index >= 15 is 0 Å². The summed E-state index contributed by atoms with van der Waals surface area (Å²) in [4.78, 5) is 16.5. The van der Waals surface area contributed by atoms with Gasteiger partial charge in [0.1, 0.15) is 11.6 Å². The maximum atomic E-state index is 12.4. The highest BCUT2D eigenvalue weighted by molar-refractivity contribution is 7.19. The maximum Gasteiger partial charge on any atom is 0.268 e. The third kappa shape index (κ3) is 4.18. The zero-order valence-corrected chi connectivity index (χ0v) is 15.6. The Kier molecular flexibility index (Phi) is 5.49. The van der Waals surface area contributed by atoms with Gasteiger partial charge in [-0.3, -0.25) is 10.1 Å². The number of amides is 1. The SMILES string of the molecule is CN(C)c1ccc(/C=C(/C#N)C(=O)Nc2nnc(N3CCCC3)s2)cc1. The van der Waals surface area contributed by atoms with Gasteiger partial charge in [-0.1, -0.05) is 23.5 Å². The second-order valence-electron chi connectivity index (χ2n) is 6.19. The van der Waals surface area contributed by atoms with Gasteiger partial charge in [-0.05, 0) is 36.6 Å². The largest absolute Gasteiger partial charge is 0.378 e. The van der Waals surface area contributed by atoms with Crippen LogP contribution in [0.3, 0.4) is 0 Å². The molecule has 1 saturated heterocycles. The lowest BCUT2D eigenvalue weighted by Gasteiger charge is -2.11. The van der Waals surface area contributed by atoms with E-state index in [4.69, 9.17) is 0 Å². The van der Waals surface area contributed by atoms with Crippen molar-refractivity contribution < 1.29 is 4.79 Å². The standard InChI is InChI=1S/C18H20N6OS/c1-23(2)15-7-5-13(6-8-15)11-14(12-19)16(25)20-17-21-22-18(26-17)24-9-3-4-10-24/h5-8,11H,3-4,9-10H2,1-2H3,(H,20,21,25)/b14-11-. The first-order chi connectivity index (χ1) is 12.6.